The number of hydrogen-bond acceptors (Lipinski definition) is 5. The van der Waals surface area contributed by atoms with Crippen LogP contribution >= 0.6 is 0 Å². The zero-order valence-corrected chi connectivity index (χ0v) is 11.1. The van der Waals surface area contributed by atoms with E-state index in [0.717, 1.165) is 11.4 Å². The quantitative estimate of drug-likeness (QED) is 0.802. The summed E-state index contributed by atoms with van der Waals surface area (Å²) in [6.07, 6.45) is 0. The highest BCUT2D eigenvalue weighted by molar-refractivity contribution is 5.31. The Morgan fingerprint density at radius 1 is 1.00 bits per heavy atom. The molecule has 1 aromatic heterocycles. The maximum Gasteiger partial charge on any atom is 0.225 e. The summed E-state index contributed by atoms with van der Waals surface area (Å²) in [7, 11) is 0. The second-order valence-electron chi connectivity index (χ2n) is 3.38. The number of aliphatic hydroxyl groups is 2. The highest BCUT2D eigenvalue weighted by Crippen LogP contribution is 2.08. The summed E-state index contributed by atoms with van der Waals surface area (Å²) in [5.41, 5.74) is 1.77. The number of aliphatic hydroxyl groups excluding tert-OH is 2. The summed E-state index contributed by atoms with van der Waals surface area (Å²) in [4.78, 5) is 10.3. The fourth-order valence-electron chi connectivity index (χ4n) is 1.40. The molecule has 5 nitrogen and oxygen atoms in total. The summed E-state index contributed by atoms with van der Waals surface area (Å²) in [5, 5.41) is 17.8. The van der Waals surface area contributed by atoms with Crippen molar-refractivity contribution in [3.63, 3.8) is 0 Å². The van der Waals surface area contributed by atoms with Crippen LogP contribution in [-0.2, 0) is 0 Å². The van der Waals surface area contributed by atoms with Gasteiger partial charge in [0.1, 0.15) is 0 Å². The molecular weight excluding hydrogens is 218 g/mol. The predicted molar refractivity (Wildman–Crippen MR) is 69.2 cm³/mol. The highest BCUT2D eigenvalue weighted by atomic mass is 16.3. The van der Waals surface area contributed by atoms with Crippen molar-refractivity contribution in [2.45, 2.75) is 27.7 Å². The summed E-state index contributed by atoms with van der Waals surface area (Å²) in [6.45, 7) is 8.71. The van der Waals surface area contributed by atoms with Crippen LogP contribution < -0.4 is 4.90 Å². The number of aryl methyl sites for hydroxylation is 2. The molecule has 1 heterocycles. The van der Waals surface area contributed by atoms with Gasteiger partial charge in [-0.15, -0.1) is 0 Å². The standard InChI is InChI=1S/C10H17N3O2.C2H6/c1-8-7-9(2)12-10(11-8)13(3-5-14)4-6-15;1-2/h7,14-15H,3-6H2,1-2H3;1-2H3. The Hall–Kier alpha value is -1.20. The minimum atomic E-state index is 0.0242. The second-order valence-corrected chi connectivity index (χ2v) is 3.38. The smallest absolute Gasteiger partial charge is 0.225 e. The van der Waals surface area contributed by atoms with E-state index >= 15 is 0 Å². The summed E-state index contributed by atoms with van der Waals surface area (Å²) in [6, 6.07) is 1.89. The lowest BCUT2D eigenvalue weighted by molar-refractivity contribution is 0.280. The zero-order valence-electron chi connectivity index (χ0n) is 11.1. The monoisotopic (exact) mass is 241 g/mol. The van der Waals surface area contributed by atoms with Crippen molar-refractivity contribution in [3.8, 4) is 0 Å². The van der Waals surface area contributed by atoms with Crippen molar-refractivity contribution in [1.82, 2.24) is 9.97 Å². The molecule has 0 saturated heterocycles. The molecule has 0 amide bonds. The third-order valence-electron chi connectivity index (χ3n) is 1.99. The first kappa shape index (κ1) is 15.8. The Kier molecular flexibility index (Phi) is 8.27. The molecule has 1 rings (SSSR count). The minimum absolute atomic E-state index is 0.0242. The van der Waals surface area contributed by atoms with Gasteiger partial charge in [-0.05, 0) is 19.9 Å². The van der Waals surface area contributed by atoms with Crippen LogP contribution in [0.2, 0.25) is 0 Å². The van der Waals surface area contributed by atoms with Gasteiger partial charge >= 0.3 is 0 Å². The van der Waals surface area contributed by atoms with Gasteiger partial charge in [-0.3, -0.25) is 0 Å². The Labute approximate surface area is 103 Å². The van der Waals surface area contributed by atoms with Crippen molar-refractivity contribution < 1.29 is 10.2 Å². The lowest BCUT2D eigenvalue weighted by atomic mass is 10.3. The van der Waals surface area contributed by atoms with Crippen LogP contribution in [0.4, 0.5) is 5.95 Å². The molecule has 0 aliphatic carbocycles. The van der Waals surface area contributed by atoms with E-state index in [0.29, 0.717) is 19.0 Å². The highest BCUT2D eigenvalue weighted by Gasteiger charge is 2.09. The van der Waals surface area contributed by atoms with Crippen LogP contribution in [-0.4, -0.2) is 46.5 Å². The van der Waals surface area contributed by atoms with Gasteiger partial charge in [-0.1, -0.05) is 13.8 Å². The molecule has 1 aromatic rings. The van der Waals surface area contributed by atoms with E-state index in [1.165, 1.54) is 0 Å². The third kappa shape index (κ3) is 5.60. The number of hydrogen-bond donors (Lipinski definition) is 2. The lowest BCUT2D eigenvalue weighted by Gasteiger charge is -2.20. The lowest BCUT2D eigenvalue weighted by Crippen LogP contribution is -2.31. The summed E-state index contributed by atoms with van der Waals surface area (Å²) < 4.78 is 0. The molecule has 0 bridgehead atoms. The van der Waals surface area contributed by atoms with E-state index in [9.17, 15) is 0 Å². The molecule has 17 heavy (non-hydrogen) atoms. The van der Waals surface area contributed by atoms with Crippen molar-refractivity contribution >= 4 is 5.95 Å². The molecular formula is C12H23N3O2. The Morgan fingerprint density at radius 2 is 1.41 bits per heavy atom. The number of nitrogens with zero attached hydrogens (tertiary/aromatic N) is 3. The first-order chi connectivity index (χ1) is 8.17. The van der Waals surface area contributed by atoms with Crippen molar-refractivity contribution in [2.75, 3.05) is 31.2 Å². The molecule has 5 heteroatoms. The minimum Gasteiger partial charge on any atom is -0.395 e. The van der Waals surface area contributed by atoms with Crippen molar-refractivity contribution in [3.05, 3.63) is 17.5 Å². The Morgan fingerprint density at radius 3 is 1.76 bits per heavy atom. The van der Waals surface area contributed by atoms with Gasteiger partial charge in [0.05, 0.1) is 13.2 Å². The molecule has 0 aliphatic heterocycles. The number of rotatable bonds is 5. The predicted octanol–water partition coefficient (Wildman–Crippen LogP) is 0.911. The Balaban J connectivity index is 0.00000121. The molecule has 0 saturated carbocycles. The van der Waals surface area contributed by atoms with Gasteiger partial charge in [-0.25, -0.2) is 9.97 Å². The van der Waals surface area contributed by atoms with E-state index in [2.05, 4.69) is 9.97 Å². The fourth-order valence-corrected chi connectivity index (χ4v) is 1.40. The molecule has 98 valence electrons. The average Bonchev–Trinajstić information content (AvgIpc) is 2.30. The normalized spacial score (nSPS) is 9.53. The average molecular weight is 241 g/mol. The largest absolute Gasteiger partial charge is 0.395 e. The maximum atomic E-state index is 8.88. The van der Waals surface area contributed by atoms with Gasteiger partial charge in [-0.2, -0.15) is 0 Å². The van der Waals surface area contributed by atoms with Crippen LogP contribution in [0.5, 0.6) is 0 Å². The SMILES string of the molecule is CC.Cc1cc(C)nc(N(CCO)CCO)n1. The third-order valence-corrected chi connectivity index (χ3v) is 1.99. The molecule has 0 fully saturated rings. The number of anilines is 1. The summed E-state index contributed by atoms with van der Waals surface area (Å²) in [5.74, 6) is 0.565. The van der Waals surface area contributed by atoms with E-state index in [4.69, 9.17) is 10.2 Å². The van der Waals surface area contributed by atoms with Gasteiger partial charge in [0, 0.05) is 24.5 Å². The van der Waals surface area contributed by atoms with Gasteiger partial charge in [0.15, 0.2) is 0 Å². The van der Waals surface area contributed by atoms with E-state index in [1.807, 2.05) is 33.8 Å². The molecule has 2 N–H and O–H groups in total. The molecule has 0 atom stereocenters. The van der Waals surface area contributed by atoms with Crippen molar-refractivity contribution in [1.29, 1.82) is 0 Å². The number of aromatic nitrogens is 2. The molecule has 0 spiro atoms. The molecule has 0 radical (unpaired) electrons. The van der Waals surface area contributed by atoms with E-state index < -0.39 is 0 Å². The van der Waals surface area contributed by atoms with Gasteiger partial charge in [0.25, 0.3) is 0 Å². The first-order valence-electron chi connectivity index (χ1n) is 5.96. The van der Waals surface area contributed by atoms with Gasteiger partial charge < -0.3 is 15.1 Å². The van der Waals surface area contributed by atoms with E-state index in [1.54, 1.807) is 4.90 Å². The topological polar surface area (TPSA) is 69.5 Å². The van der Waals surface area contributed by atoms with Crippen LogP contribution in [0, 0.1) is 13.8 Å². The van der Waals surface area contributed by atoms with Crippen LogP contribution in [0.15, 0.2) is 6.07 Å². The molecule has 0 aromatic carbocycles. The molecule has 0 unspecified atom stereocenters. The zero-order chi connectivity index (χ0) is 13.3. The van der Waals surface area contributed by atoms with Crippen LogP contribution in [0.1, 0.15) is 25.2 Å². The van der Waals surface area contributed by atoms with Crippen LogP contribution in [0.3, 0.4) is 0 Å². The maximum absolute atomic E-state index is 8.88. The van der Waals surface area contributed by atoms with E-state index in [-0.39, 0.29) is 13.2 Å². The van der Waals surface area contributed by atoms with Gasteiger partial charge in [0.2, 0.25) is 5.95 Å². The first-order valence-corrected chi connectivity index (χ1v) is 5.96. The van der Waals surface area contributed by atoms with Crippen LogP contribution in [0.25, 0.3) is 0 Å². The fraction of sp³-hybridized carbons (Fsp3) is 0.667. The Bertz CT molecular complexity index is 292. The summed E-state index contributed by atoms with van der Waals surface area (Å²) >= 11 is 0. The molecule has 0 aliphatic rings. The van der Waals surface area contributed by atoms with Crippen molar-refractivity contribution in [2.24, 2.45) is 0 Å². The second kappa shape index (κ2) is 8.90.